The minimum absolute atomic E-state index is 0.0870. The van der Waals surface area contributed by atoms with Crippen LogP contribution in [0.2, 0.25) is 0 Å². The summed E-state index contributed by atoms with van der Waals surface area (Å²) in [6.45, 7) is 8.34. The van der Waals surface area contributed by atoms with Gasteiger partial charge < -0.3 is 14.8 Å². The molecule has 0 saturated heterocycles. The lowest BCUT2D eigenvalue weighted by molar-refractivity contribution is 0.0966. The monoisotopic (exact) mass is 454 g/mol. The van der Waals surface area contributed by atoms with Crippen molar-refractivity contribution in [2.24, 2.45) is 0 Å². The second-order valence-electron chi connectivity index (χ2n) is 10.4. The highest BCUT2D eigenvalue weighted by molar-refractivity contribution is 5.83. The number of amides is 2. The van der Waals surface area contributed by atoms with E-state index in [9.17, 15) is 9.59 Å². The Morgan fingerprint density at radius 1 is 1.15 bits per heavy atom. The minimum atomic E-state index is -0.520. The highest BCUT2D eigenvalue weighted by Gasteiger charge is 2.40. The molecule has 1 aromatic heterocycles. The Morgan fingerprint density at radius 2 is 1.88 bits per heavy atom. The number of alkyl carbamates (subject to hydrolysis) is 1. The SMILES string of the molecule is CC1(NC(=O)O[C@@H]2CC[C@H](c3cc(NC(=O)OCc4ccccc4)n(C(C)(C)C)n3)C2)CC1. The quantitative estimate of drug-likeness (QED) is 0.617. The predicted octanol–water partition coefficient (Wildman–Crippen LogP) is 5.30. The van der Waals surface area contributed by atoms with Crippen LogP contribution in [0.15, 0.2) is 36.4 Å². The lowest BCUT2D eigenvalue weighted by Crippen LogP contribution is -2.36. The first-order chi connectivity index (χ1) is 15.6. The molecule has 2 amide bonds. The molecule has 0 spiro atoms. The molecule has 0 aliphatic heterocycles. The number of carbonyl (C=O) groups is 2. The van der Waals surface area contributed by atoms with Crippen LogP contribution in [-0.4, -0.2) is 33.6 Å². The number of nitrogens with zero attached hydrogens (tertiary/aromatic N) is 2. The molecule has 2 aliphatic carbocycles. The predicted molar refractivity (Wildman–Crippen MR) is 125 cm³/mol. The molecule has 1 aromatic carbocycles. The molecule has 0 unspecified atom stereocenters. The third kappa shape index (κ3) is 6.06. The summed E-state index contributed by atoms with van der Waals surface area (Å²) >= 11 is 0. The summed E-state index contributed by atoms with van der Waals surface area (Å²) < 4.78 is 12.9. The molecule has 0 bridgehead atoms. The zero-order chi connectivity index (χ0) is 23.6. The summed E-state index contributed by atoms with van der Waals surface area (Å²) in [5, 5.41) is 10.6. The van der Waals surface area contributed by atoms with Crippen LogP contribution in [-0.2, 0) is 21.6 Å². The number of ether oxygens (including phenoxy) is 2. The highest BCUT2D eigenvalue weighted by Crippen LogP contribution is 2.38. The molecule has 8 nitrogen and oxygen atoms in total. The van der Waals surface area contributed by atoms with E-state index in [0.717, 1.165) is 43.4 Å². The Morgan fingerprint density at radius 3 is 2.55 bits per heavy atom. The fraction of sp³-hybridized carbons (Fsp3) is 0.560. The van der Waals surface area contributed by atoms with Gasteiger partial charge in [0.05, 0.1) is 11.2 Å². The minimum Gasteiger partial charge on any atom is -0.446 e. The number of aromatic nitrogens is 2. The average Bonchev–Trinajstić information content (AvgIpc) is 3.14. The van der Waals surface area contributed by atoms with E-state index in [1.54, 1.807) is 0 Å². The lowest BCUT2D eigenvalue weighted by atomic mass is 10.0. The topological polar surface area (TPSA) is 94.5 Å². The number of hydrogen-bond donors (Lipinski definition) is 2. The van der Waals surface area contributed by atoms with Crippen molar-refractivity contribution in [1.82, 2.24) is 15.1 Å². The summed E-state index contributed by atoms with van der Waals surface area (Å²) in [6.07, 6.45) is 3.45. The van der Waals surface area contributed by atoms with E-state index in [1.807, 2.05) is 68.8 Å². The van der Waals surface area contributed by atoms with Crippen LogP contribution in [0.5, 0.6) is 0 Å². The molecule has 178 valence electrons. The van der Waals surface area contributed by atoms with Gasteiger partial charge in [-0.15, -0.1) is 0 Å². The van der Waals surface area contributed by atoms with Gasteiger partial charge in [-0.05, 0) is 65.4 Å². The zero-order valence-corrected chi connectivity index (χ0v) is 19.9. The van der Waals surface area contributed by atoms with Crippen LogP contribution >= 0.6 is 0 Å². The largest absolute Gasteiger partial charge is 0.446 e. The van der Waals surface area contributed by atoms with Crippen LogP contribution in [0.25, 0.3) is 0 Å². The van der Waals surface area contributed by atoms with Crippen molar-refractivity contribution < 1.29 is 19.1 Å². The fourth-order valence-electron chi connectivity index (χ4n) is 4.12. The molecule has 0 radical (unpaired) electrons. The van der Waals surface area contributed by atoms with E-state index in [-0.39, 0.29) is 35.8 Å². The summed E-state index contributed by atoms with van der Waals surface area (Å²) in [4.78, 5) is 24.6. The van der Waals surface area contributed by atoms with Crippen LogP contribution in [0.3, 0.4) is 0 Å². The Bertz CT molecular complexity index is 992. The third-order valence-corrected chi connectivity index (χ3v) is 6.29. The molecule has 2 aromatic rings. The van der Waals surface area contributed by atoms with Gasteiger partial charge in [-0.1, -0.05) is 30.3 Å². The lowest BCUT2D eigenvalue weighted by Gasteiger charge is -2.22. The number of rotatable bonds is 6. The van der Waals surface area contributed by atoms with Gasteiger partial charge in [-0.25, -0.2) is 14.3 Å². The second kappa shape index (κ2) is 9.08. The van der Waals surface area contributed by atoms with Crippen LogP contribution in [0.1, 0.15) is 77.0 Å². The van der Waals surface area contributed by atoms with Gasteiger partial charge in [-0.3, -0.25) is 5.32 Å². The summed E-state index contributed by atoms with van der Waals surface area (Å²) in [5.41, 5.74) is 1.41. The third-order valence-electron chi connectivity index (χ3n) is 6.29. The van der Waals surface area contributed by atoms with Gasteiger partial charge in [-0.2, -0.15) is 5.10 Å². The first-order valence-electron chi connectivity index (χ1n) is 11.7. The standard InChI is InChI=1S/C25H34N4O4/c1-24(2,3)29-21(26-22(30)32-16-17-8-6-5-7-9-17)15-20(28-29)18-10-11-19(14-18)33-23(31)27-25(4)12-13-25/h5-9,15,18-19H,10-14,16H2,1-4H3,(H,26,30)(H,27,31)/t18-,19+/m0/s1. The van der Waals surface area contributed by atoms with Gasteiger partial charge >= 0.3 is 12.2 Å². The molecule has 33 heavy (non-hydrogen) atoms. The summed E-state index contributed by atoms with van der Waals surface area (Å²) in [6, 6.07) is 11.5. The number of hydrogen-bond acceptors (Lipinski definition) is 5. The van der Waals surface area contributed by atoms with Gasteiger partial charge in [0.1, 0.15) is 18.5 Å². The van der Waals surface area contributed by atoms with Gasteiger partial charge in [0.25, 0.3) is 0 Å². The van der Waals surface area contributed by atoms with E-state index in [0.29, 0.717) is 5.82 Å². The number of nitrogens with one attached hydrogen (secondary N) is 2. The molecular weight excluding hydrogens is 420 g/mol. The maximum Gasteiger partial charge on any atom is 0.413 e. The first kappa shape index (κ1) is 23.1. The Labute approximate surface area is 195 Å². The van der Waals surface area contributed by atoms with Gasteiger partial charge in [0.15, 0.2) is 0 Å². The molecule has 2 N–H and O–H groups in total. The number of carbonyl (C=O) groups excluding carboxylic acids is 2. The van der Waals surface area contributed by atoms with E-state index in [2.05, 4.69) is 10.6 Å². The summed E-state index contributed by atoms with van der Waals surface area (Å²) in [7, 11) is 0. The molecular formula is C25H34N4O4. The molecule has 8 heteroatoms. The van der Waals surface area contributed by atoms with Crippen LogP contribution in [0, 0.1) is 0 Å². The van der Waals surface area contributed by atoms with Gasteiger partial charge in [0, 0.05) is 17.5 Å². The zero-order valence-electron chi connectivity index (χ0n) is 19.9. The van der Waals surface area contributed by atoms with Crippen molar-refractivity contribution in [2.75, 3.05) is 5.32 Å². The average molecular weight is 455 g/mol. The second-order valence-corrected chi connectivity index (χ2v) is 10.4. The van der Waals surface area contributed by atoms with E-state index < -0.39 is 6.09 Å². The Kier molecular flexibility index (Phi) is 6.36. The van der Waals surface area contributed by atoms with E-state index >= 15 is 0 Å². The molecule has 2 saturated carbocycles. The maximum absolute atomic E-state index is 12.4. The fourth-order valence-corrected chi connectivity index (χ4v) is 4.12. The Hall–Kier alpha value is -3.03. The molecule has 2 atom stereocenters. The van der Waals surface area contributed by atoms with Crippen molar-refractivity contribution >= 4 is 18.0 Å². The first-order valence-corrected chi connectivity index (χ1v) is 11.7. The number of benzene rings is 1. The van der Waals surface area contributed by atoms with E-state index in [1.165, 1.54) is 0 Å². The highest BCUT2D eigenvalue weighted by atomic mass is 16.6. The smallest absolute Gasteiger partial charge is 0.413 e. The summed E-state index contributed by atoms with van der Waals surface area (Å²) in [5.74, 6) is 0.767. The molecule has 2 aliphatic rings. The van der Waals surface area contributed by atoms with Crippen molar-refractivity contribution in [2.45, 2.75) is 89.5 Å². The van der Waals surface area contributed by atoms with Crippen molar-refractivity contribution in [3.63, 3.8) is 0 Å². The molecule has 1 heterocycles. The molecule has 2 fully saturated rings. The molecule has 4 rings (SSSR count). The van der Waals surface area contributed by atoms with Crippen molar-refractivity contribution in [1.29, 1.82) is 0 Å². The van der Waals surface area contributed by atoms with Crippen LogP contribution in [0.4, 0.5) is 15.4 Å². The van der Waals surface area contributed by atoms with Crippen LogP contribution < -0.4 is 10.6 Å². The maximum atomic E-state index is 12.4. The van der Waals surface area contributed by atoms with Crippen molar-refractivity contribution in [3.05, 3.63) is 47.7 Å². The Balaban J connectivity index is 1.37. The number of anilines is 1. The normalized spacial score (nSPS) is 21.3. The van der Waals surface area contributed by atoms with E-state index in [4.69, 9.17) is 14.6 Å². The van der Waals surface area contributed by atoms with Crippen molar-refractivity contribution in [3.8, 4) is 0 Å². The van der Waals surface area contributed by atoms with Gasteiger partial charge in [0.2, 0.25) is 0 Å².